The molecule has 1 aromatic heterocycles. The maximum absolute atomic E-state index is 9.96. The first-order valence-electron chi connectivity index (χ1n) is 3.44. The summed E-state index contributed by atoms with van der Waals surface area (Å²) in [4.78, 5) is 19.0. The van der Waals surface area contributed by atoms with E-state index in [4.69, 9.17) is 19.4 Å². The zero-order valence-electron chi connectivity index (χ0n) is 7.06. The van der Waals surface area contributed by atoms with Gasteiger partial charge in [0.1, 0.15) is 12.4 Å². The molecule has 0 bridgehead atoms. The van der Waals surface area contributed by atoms with Gasteiger partial charge in [-0.2, -0.15) is 0 Å². The number of carboxylic acid groups (broad SMARTS) is 1. The lowest BCUT2D eigenvalue weighted by Crippen LogP contribution is -1.78. The third-order valence-corrected chi connectivity index (χ3v) is 0.954. The Labute approximate surface area is 74.6 Å². The molecule has 0 saturated heterocycles. The summed E-state index contributed by atoms with van der Waals surface area (Å²) in [6.45, 7) is 0.924. The zero-order valence-corrected chi connectivity index (χ0v) is 7.06. The number of carbonyl (C=O) groups is 2. The molecule has 0 amide bonds. The molecule has 1 rings (SSSR count). The zero-order chi connectivity index (χ0) is 10.3. The summed E-state index contributed by atoms with van der Waals surface area (Å²) < 4.78 is 4.76. The second kappa shape index (κ2) is 5.96. The Hall–Kier alpha value is -1.62. The first kappa shape index (κ1) is 11.4. The summed E-state index contributed by atoms with van der Waals surface area (Å²) in [5.41, 5.74) is 0. The maximum Gasteiger partial charge on any atom is 0.300 e. The minimum Gasteiger partial charge on any atom is -0.481 e. The molecule has 0 aromatic carbocycles. The van der Waals surface area contributed by atoms with Crippen molar-refractivity contribution in [2.75, 3.05) is 0 Å². The highest BCUT2D eigenvalue weighted by Gasteiger charge is 1.96. The molecular formula is C8H10O5. The van der Waals surface area contributed by atoms with Gasteiger partial charge < -0.3 is 14.6 Å². The summed E-state index contributed by atoms with van der Waals surface area (Å²) in [5, 5.41) is 15.9. The number of furan rings is 1. The largest absolute Gasteiger partial charge is 0.481 e. The predicted octanol–water partition coefficient (Wildman–Crippen LogP) is 0.675. The van der Waals surface area contributed by atoms with Crippen molar-refractivity contribution in [3.05, 3.63) is 23.7 Å². The van der Waals surface area contributed by atoms with Crippen molar-refractivity contribution in [1.29, 1.82) is 0 Å². The highest BCUT2D eigenvalue weighted by molar-refractivity contribution is 5.70. The average Bonchev–Trinajstić information content (AvgIpc) is 2.50. The number of aliphatic hydroxyl groups excluding tert-OH is 1. The van der Waals surface area contributed by atoms with Gasteiger partial charge in [0.25, 0.3) is 5.97 Å². The summed E-state index contributed by atoms with van der Waals surface area (Å²) in [6, 6.07) is 3.07. The molecule has 72 valence electrons. The van der Waals surface area contributed by atoms with Crippen molar-refractivity contribution in [2.45, 2.75) is 13.5 Å². The van der Waals surface area contributed by atoms with E-state index >= 15 is 0 Å². The van der Waals surface area contributed by atoms with Gasteiger partial charge in [0.2, 0.25) is 0 Å². The van der Waals surface area contributed by atoms with E-state index in [0.717, 1.165) is 6.92 Å². The smallest absolute Gasteiger partial charge is 0.300 e. The molecule has 1 aromatic rings. The van der Waals surface area contributed by atoms with E-state index in [1.807, 2.05) is 0 Å². The van der Waals surface area contributed by atoms with Crippen LogP contribution in [0.1, 0.15) is 23.2 Å². The number of carbonyl (C=O) groups excluding carboxylic acids is 1. The number of aliphatic carboxylic acids is 1. The number of hydrogen-bond donors (Lipinski definition) is 2. The molecule has 0 unspecified atom stereocenters. The highest BCUT2D eigenvalue weighted by atomic mass is 16.4. The van der Waals surface area contributed by atoms with Crippen LogP contribution in [-0.4, -0.2) is 22.5 Å². The van der Waals surface area contributed by atoms with E-state index in [2.05, 4.69) is 0 Å². The molecule has 0 spiro atoms. The lowest BCUT2D eigenvalue weighted by atomic mass is 10.4. The van der Waals surface area contributed by atoms with Crippen LogP contribution in [0.3, 0.4) is 0 Å². The second-order valence-corrected chi connectivity index (χ2v) is 2.10. The molecule has 0 fully saturated rings. The quantitative estimate of drug-likeness (QED) is 0.663. The van der Waals surface area contributed by atoms with Gasteiger partial charge in [0.15, 0.2) is 12.0 Å². The molecule has 0 saturated carbocycles. The summed E-state index contributed by atoms with van der Waals surface area (Å²) >= 11 is 0. The van der Waals surface area contributed by atoms with Gasteiger partial charge >= 0.3 is 0 Å². The van der Waals surface area contributed by atoms with Crippen molar-refractivity contribution >= 4 is 12.3 Å². The van der Waals surface area contributed by atoms with Crippen molar-refractivity contribution in [3.63, 3.8) is 0 Å². The van der Waals surface area contributed by atoms with E-state index in [0.29, 0.717) is 12.0 Å². The minimum atomic E-state index is -0.833. The predicted molar refractivity (Wildman–Crippen MR) is 43.3 cm³/mol. The van der Waals surface area contributed by atoms with Crippen molar-refractivity contribution in [3.8, 4) is 0 Å². The van der Waals surface area contributed by atoms with E-state index in [1.165, 1.54) is 6.07 Å². The minimum absolute atomic E-state index is 0.159. The standard InChI is InChI=1S/C6H6O3.C2H4O2/c7-3-5-1-2-6(4-8)9-5;1-2(3)4/h1-3,8H,4H2;1H3,(H,3,4). The number of hydrogen-bond acceptors (Lipinski definition) is 4. The van der Waals surface area contributed by atoms with Gasteiger partial charge in [-0.05, 0) is 12.1 Å². The molecular weight excluding hydrogens is 176 g/mol. The Morgan fingerprint density at radius 3 is 2.38 bits per heavy atom. The topological polar surface area (TPSA) is 87.7 Å². The van der Waals surface area contributed by atoms with Crippen LogP contribution in [0.15, 0.2) is 16.5 Å². The van der Waals surface area contributed by atoms with Gasteiger partial charge in [0, 0.05) is 6.92 Å². The molecule has 5 nitrogen and oxygen atoms in total. The van der Waals surface area contributed by atoms with Gasteiger partial charge in [0.05, 0.1) is 0 Å². The summed E-state index contributed by atoms with van der Waals surface area (Å²) in [6.07, 6.45) is 0.596. The number of aldehydes is 1. The molecule has 1 heterocycles. The molecule has 0 aliphatic rings. The third-order valence-electron chi connectivity index (χ3n) is 0.954. The highest BCUT2D eigenvalue weighted by Crippen LogP contribution is 2.03. The van der Waals surface area contributed by atoms with E-state index in [9.17, 15) is 4.79 Å². The Bertz CT molecular complexity index is 272. The lowest BCUT2D eigenvalue weighted by Gasteiger charge is -1.82. The monoisotopic (exact) mass is 186 g/mol. The van der Waals surface area contributed by atoms with Gasteiger partial charge in [-0.25, -0.2) is 0 Å². The molecule has 0 atom stereocenters. The second-order valence-electron chi connectivity index (χ2n) is 2.10. The number of carboxylic acids is 1. The van der Waals surface area contributed by atoms with Crippen LogP contribution in [0.25, 0.3) is 0 Å². The van der Waals surface area contributed by atoms with Crippen molar-refractivity contribution in [2.24, 2.45) is 0 Å². The van der Waals surface area contributed by atoms with Crippen LogP contribution in [0, 0.1) is 0 Å². The normalized spacial score (nSPS) is 8.46. The SMILES string of the molecule is CC(=O)O.O=Cc1ccc(CO)o1. The van der Waals surface area contributed by atoms with Crippen molar-refractivity contribution in [1.82, 2.24) is 0 Å². The fourth-order valence-corrected chi connectivity index (χ4v) is 0.543. The van der Waals surface area contributed by atoms with Crippen molar-refractivity contribution < 1.29 is 24.2 Å². The number of rotatable bonds is 2. The summed E-state index contributed by atoms with van der Waals surface area (Å²) in [5.74, 6) is -0.170. The average molecular weight is 186 g/mol. The van der Waals surface area contributed by atoms with E-state index in [1.54, 1.807) is 6.07 Å². The number of aliphatic hydroxyl groups is 1. The summed E-state index contributed by atoms with van der Waals surface area (Å²) in [7, 11) is 0. The fourth-order valence-electron chi connectivity index (χ4n) is 0.543. The van der Waals surface area contributed by atoms with Crippen LogP contribution < -0.4 is 0 Å². The first-order valence-corrected chi connectivity index (χ1v) is 3.44. The molecule has 0 aliphatic heterocycles. The van der Waals surface area contributed by atoms with Crippen LogP contribution in [-0.2, 0) is 11.4 Å². The molecule has 13 heavy (non-hydrogen) atoms. The Morgan fingerprint density at radius 1 is 1.62 bits per heavy atom. The van der Waals surface area contributed by atoms with Crippen LogP contribution in [0.2, 0.25) is 0 Å². The molecule has 2 N–H and O–H groups in total. The lowest BCUT2D eigenvalue weighted by molar-refractivity contribution is -0.134. The first-order chi connectivity index (χ1) is 6.10. The van der Waals surface area contributed by atoms with Gasteiger partial charge in [-0.1, -0.05) is 0 Å². The third kappa shape index (κ3) is 5.63. The fraction of sp³-hybridized carbons (Fsp3) is 0.250. The Kier molecular flexibility index (Phi) is 5.22. The molecule has 0 aliphatic carbocycles. The van der Waals surface area contributed by atoms with Gasteiger partial charge in [-0.3, -0.25) is 9.59 Å². The van der Waals surface area contributed by atoms with Gasteiger partial charge in [-0.15, -0.1) is 0 Å². The molecule has 5 heteroatoms. The van der Waals surface area contributed by atoms with Crippen LogP contribution in [0.4, 0.5) is 0 Å². The van der Waals surface area contributed by atoms with Crippen LogP contribution in [0.5, 0.6) is 0 Å². The maximum atomic E-state index is 9.96. The molecule has 0 radical (unpaired) electrons. The Morgan fingerprint density at radius 2 is 2.15 bits per heavy atom. The van der Waals surface area contributed by atoms with Crippen LogP contribution >= 0.6 is 0 Å². The Balaban J connectivity index is 0.000000310. The van der Waals surface area contributed by atoms with E-state index in [-0.39, 0.29) is 12.4 Å². The van der Waals surface area contributed by atoms with E-state index < -0.39 is 5.97 Å².